The second kappa shape index (κ2) is 10.6. The van der Waals surface area contributed by atoms with E-state index in [-0.39, 0.29) is 35.6 Å². The lowest BCUT2D eigenvalue weighted by atomic mass is 9.88. The summed E-state index contributed by atoms with van der Waals surface area (Å²) in [7, 11) is 0. The van der Waals surface area contributed by atoms with E-state index >= 15 is 0 Å². The number of benzene rings is 1. The van der Waals surface area contributed by atoms with Crippen molar-refractivity contribution < 1.29 is 14.4 Å². The normalized spacial score (nSPS) is 19.4. The van der Waals surface area contributed by atoms with Crippen molar-refractivity contribution in [2.24, 2.45) is 11.8 Å². The first-order valence-electron chi connectivity index (χ1n) is 11.4. The molecule has 1 saturated heterocycles. The molecular formula is C24H35N3O3. The molecule has 1 atom stereocenters. The van der Waals surface area contributed by atoms with E-state index in [1.165, 1.54) is 6.42 Å². The van der Waals surface area contributed by atoms with Gasteiger partial charge in [0.1, 0.15) is 6.04 Å². The lowest BCUT2D eigenvalue weighted by Crippen LogP contribution is -2.55. The van der Waals surface area contributed by atoms with Gasteiger partial charge in [-0.3, -0.25) is 14.4 Å². The van der Waals surface area contributed by atoms with Crippen molar-refractivity contribution >= 4 is 17.7 Å². The molecule has 3 amide bonds. The van der Waals surface area contributed by atoms with E-state index in [9.17, 15) is 14.4 Å². The Morgan fingerprint density at radius 1 is 0.933 bits per heavy atom. The number of nitrogens with zero attached hydrogens (tertiary/aromatic N) is 1. The molecule has 1 aliphatic carbocycles. The summed E-state index contributed by atoms with van der Waals surface area (Å²) in [4.78, 5) is 40.0. The predicted octanol–water partition coefficient (Wildman–Crippen LogP) is 3.13. The molecule has 0 radical (unpaired) electrons. The molecule has 1 saturated carbocycles. The van der Waals surface area contributed by atoms with Crippen LogP contribution in [-0.4, -0.2) is 47.8 Å². The van der Waals surface area contributed by atoms with Crippen LogP contribution in [-0.2, 0) is 9.59 Å². The highest BCUT2D eigenvalue weighted by atomic mass is 16.2. The molecule has 1 unspecified atom stereocenters. The van der Waals surface area contributed by atoms with Crippen molar-refractivity contribution in [3.63, 3.8) is 0 Å². The van der Waals surface area contributed by atoms with E-state index in [4.69, 9.17) is 0 Å². The van der Waals surface area contributed by atoms with Gasteiger partial charge in [0, 0.05) is 30.6 Å². The first kappa shape index (κ1) is 22.3. The quantitative estimate of drug-likeness (QED) is 0.752. The molecule has 0 spiro atoms. The van der Waals surface area contributed by atoms with Crippen LogP contribution in [0.4, 0.5) is 0 Å². The Kier molecular flexibility index (Phi) is 7.88. The summed E-state index contributed by atoms with van der Waals surface area (Å²) < 4.78 is 0. The fraction of sp³-hybridized carbons (Fsp3) is 0.625. The average molecular weight is 414 g/mol. The fourth-order valence-electron chi connectivity index (χ4n) is 4.45. The van der Waals surface area contributed by atoms with Gasteiger partial charge < -0.3 is 15.5 Å². The van der Waals surface area contributed by atoms with Crippen molar-refractivity contribution in [3.8, 4) is 0 Å². The molecule has 1 aliphatic heterocycles. The van der Waals surface area contributed by atoms with Gasteiger partial charge in [-0.25, -0.2) is 0 Å². The molecule has 0 aromatic heterocycles. The zero-order chi connectivity index (χ0) is 21.5. The second-order valence-electron chi connectivity index (χ2n) is 9.00. The van der Waals surface area contributed by atoms with Gasteiger partial charge in [0.25, 0.3) is 5.91 Å². The van der Waals surface area contributed by atoms with Crippen LogP contribution in [0.1, 0.15) is 69.2 Å². The Balaban J connectivity index is 1.50. The van der Waals surface area contributed by atoms with Gasteiger partial charge in [-0.2, -0.15) is 0 Å². The van der Waals surface area contributed by atoms with Gasteiger partial charge in [-0.15, -0.1) is 0 Å². The largest absolute Gasteiger partial charge is 0.353 e. The van der Waals surface area contributed by atoms with Crippen LogP contribution in [0.2, 0.25) is 0 Å². The number of rotatable bonds is 6. The number of carbonyl (C=O) groups is 3. The van der Waals surface area contributed by atoms with Crippen LogP contribution in [0.3, 0.4) is 0 Å². The summed E-state index contributed by atoms with van der Waals surface area (Å²) in [6, 6.07) is 8.57. The zero-order valence-electron chi connectivity index (χ0n) is 18.2. The highest BCUT2D eigenvalue weighted by Crippen LogP contribution is 2.24. The lowest BCUT2D eigenvalue weighted by Gasteiger charge is -2.36. The Bertz CT molecular complexity index is 720. The molecule has 1 heterocycles. The van der Waals surface area contributed by atoms with Crippen molar-refractivity contribution in [2.45, 2.75) is 70.9 Å². The molecule has 2 N–H and O–H groups in total. The summed E-state index contributed by atoms with van der Waals surface area (Å²) in [5.74, 6) is 0.0871. The van der Waals surface area contributed by atoms with Crippen molar-refractivity contribution in [3.05, 3.63) is 35.9 Å². The van der Waals surface area contributed by atoms with Gasteiger partial charge in [0.15, 0.2) is 0 Å². The summed E-state index contributed by atoms with van der Waals surface area (Å²) in [6.45, 7) is 5.12. The van der Waals surface area contributed by atoms with E-state index in [0.29, 0.717) is 18.7 Å². The SMILES string of the molecule is CC(C)C(NC(=O)c1ccccc1)C(=O)N1CCC(NC(=O)C2CCCCC2)CC1. The fourth-order valence-corrected chi connectivity index (χ4v) is 4.45. The van der Waals surface area contributed by atoms with E-state index in [1.54, 1.807) is 12.1 Å². The number of piperidine rings is 1. The van der Waals surface area contributed by atoms with Crippen LogP contribution in [0, 0.1) is 11.8 Å². The molecule has 1 aromatic carbocycles. The molecule has 3 rings (SSSR count). The Labute approximate surface area is 179 Å². The van der Waals surface area contributed by atoms with Crippen molar-refractivity contribution in [2.75, 3.05) is 13.1 Å². The number of nitrogens with one attached hydrogen (secondary N) is 2. The minimum atomic E-state index is -0.550. The molecular weight excluding hydrogens is 378 g/mol. The average Bonchev–Trinajstić information content (AvgIpc) is 2.78. The number of hydrogen-bond acceptors (Lipinski definition) is 3. The molecule has 6 nitrogen and oxygen atoms in total. The zero-order valence-corrected chi connectivity index (χ0v) is 18.2. The third-order valence-electron chi connectivity index (χ3n) is 6.38. The monoisotopic (exact) mass is 413 g/mol. The maximum Gasteiger partial charge on any atom is 0.251 e. The first-order valence-corrected chi connectivity index (χ1v) is 11.4. The van der Waals surface area contributed by atoms with Crippen LogP contribution in [0.25, 0.3) is 0 Å². The van der Waals surface area contributed by atoms with Crippen LogP contribution in [0.15, 0.2) is 30.3 Å². The Morgan fingerprint density at radius 3 is 2.17 bits per heavy atom. The van der Waals surface area contributed by atoms with Crippen LogP contribution < -0.4 is 10.6 Å². The third-order valence-corrected chi connectivity index (χ3v) is 6.38. The highest BCUT2D eigenvalue weighted by Gasteiger charge is 2.32. The Morgan fingerprint density at radius 2 is 1.57 bits per heavy atom. The smallest absolute Gasteiger partial charge is 0.251 e. The highest BCUT2D eigenvalue weighted by molar-refractivity contribution is 5.97. The molecule has 1 aromatic rings. The summed E-state index contributed by atoms with van der Waals surface area (Å²) in [5, 5.41) is 6.12. The Hall–Kier alpha value is -2.37. The first-order chi connectivity index (χ1) is 14.5. The number of amides is 3. The van der Waals surface area contributed by atoms with Crippen LogP contribution >= 0.6 is 0 Å². The molecule has 30 heavy (non-hydrogen) atoms. The van der Waals surface area contributed by atoms with Crippen LogP contribution in [0.5, 0.6) is 0 Å². The van der Waals surface area contributed by atoms with Gasteiger partial charge in [0.2, 0.25) is 11.8 Å². The van der Waals surface area contributed by atoms with E-state index in [1.807, 2.05) is 36.9 Å². The lowest BCUT2D eigenvalue weighted by molar-refractivity contribution is -0.135. The molecule has 6 heteroatoms. The minimum absolute atomic E-state index is 0.00566. The van der Waals surface area contributed by atoms with Crippen molar-refractivity contribution in [1.82, 2.24) is 15.5 Å². The summed E-state index contributed by atoms with van der Waals surface area (Å²) in [5.41, 5.74) is 0.556. The van der Waals surface area contributed by atoms with Gasteiger partial charge in [-0.05, 0) is 43.7 Å². The molecule has 164 valence electrons. The maximum absolute atomic E-state index is 13.1. The number of likely N-dealkylation sites (tertiary alicyclic amines) is 1. The van der Waals surface area contributed by atoms with E-state index in [2.05, 4.69) is 10.6 Å². The third kappa shape index (κ3) is 5.83. The second-order valence-corrected chi connectivity index (χ2v) is 9.00. The molecule has 2 aliphatic rings. The topological polar surface area (TPSA) is 78.5 Å². The summed E-state index contributed by atoms with van der Waals surface area (Å²) >= 11 is 0. The van der Waals surface area contributed by atoms with Gasteiger partial charge in [-0.1, -0.05) is 51.3 Å². The summed E-state index contributed by atoms with van der Waals surface area (Å²) in [6.07, 6.45) is 7.07. The van der Waals surface area contributed by atoms with E-state index in [0.717, 1.165) is 38.5 Å². The van der Waals surface area contributed by atoms with Gasteiger partial charge >= 0.3 is 0 Å². The molecule has 0 bridgehead atoms. The maximum atomic E-state index is 13.1. The number of carbonyl (C=O) groups excluding carboxylic acids is 3. The van der Waals surface area contributed by atoms with E-state index < -0.39 is 6.04 Å². The van der Waals surface area contributed by atoms with Gasteiger partial charge in [0.05, 0.1) is 0 Å². The predicted molar refractivity (Wildman–Crippen MR) is 117 cm³/mol. The van der Waals surface area contributed by atoms with Crippen molar-refractivity contribution in [1.29, 1.82) is 0 Å². The molecule has 2 fully saturated rings. The standard InChI is InChI=1S/C24H35N3O3/c1-17(2)21(26-23(29)19-11-7-4-8-12-19)24(30)27-15-13-20(14-16-27)25-22(28)18-9-5-3-6-10-18/h4,7-8,11-12,17-18,20-21H,3,5-6,9-10,13-16H2,1-2H3,(H,25,28)(H,26,29). The minimum Gasteiger partial charge on any atom is -0.353 e. The number of hydrogen-bond donors (Lipinski definition) is 2.